The highest BCUT2D eigenvalue weighted by molar-refractivity contribution is 5.99. The molecule has 0 aliphatic rings. The zero-order chi connectivity index (χ0) is 13.8. The Morgan fingerprint density at radius 1 is 1.21 bits per heavy atom. The molecule has 0 saturated heterocycles. The van der Waals surface area contributed by atoms with Crippen molar-refractivity contribution in [3.05, 3.63) is 64.6 Å². The fraction of sp³-hybridized carbons (Fsp3) is 0.200. The van der Waals surface area contributed by atoms with Gasteiger partial charge in [-0.25, -0.2) is 0 Å². The van der Waals surface area contributed by atoms with Gasteiger partial charge < -0.3 is 9.94 Å². The Bertz CT molecular complexity index is 608. The maximum atomic E-state index is 12.2. The smallest absolute Gasteiger partial charge is 0.200 e. The SMILES string of the molecule is COc1ccccc1C(=O)Cc1cccc(C)[n+]1[O-]. The summed E-state index contributed by atoms with van der Waals surface area (Å²) in [6.07, 6.45) is 0.0611. The zero-order valence-electron chi connectivity index (χ0n) is 10.9. The zero-order valence-corrected chi connectivity index (χ0v) is 10.9. The Balaban J connectivity index is 2.28. The van der Waals surface area contributed by atoms with Gasteiger partial charge in [-0.1, -0.05) is 12.1 Å². The molecule has 1 heterocycles. The molecule has 0 fully saturated rings. The molecule has 19 heavy (non-hydrogen) atoms. The molecule has 1 aromatic carbocycles. The van der Waals surface area contributed by atoms with Crippen molar-refractivity contribution >= 4 is 5.78 Å². The van der Waals surface area contributed by atoms with Crippen LogP contribution in [0.15, 0.2) is 42.5 Å². The van der Waals surface area contributed by atoms with Crippen molar-refractivity contribution in [1.82, 2.24) is 0 Å². The van der Waals surface area contributed by atoms with Crippen molar-refractivity contribution in [2.75, 3.05) is 7.11 Å². The van der Waals surface area contributed by atoms with Crippen molar-refractivity contribution in [3.63, 3.8) is 0 Å². The summed E-state index contributed by atoms with van der Waals surface area (Å²) in [5, 5.41) is 11.8. The Kier molecular flexibility index (Phi) is 3.80. The van der Waals surface area contributed by atoms with Crippen LogP contribution < -0.4 is 9.47 Å². The number of carbonyl (C=O) groups excluding carboxylic acids is 1. The molecule has 2 rings (SSSR count). The monoisotopic (exact) mass is 257 g/mol. The van der Waals surface area contributed by atoms with Gasteiger partial charge in [-0.05, 0) is 18.2 Å². The van der Waals surface area contributed by atoms with E-state index in [1.807, 2.05) is 0 Å². The summed E-state index contributed by atoms with van der Waals surface area (Å²) >= 11 is 0. The lowest BCUT2D eigenvalue weighted by molar-refractivity contribution is -0.620. The average Bonchev–Trinajstić information content (AvgIpc) is 2.43. The highest BCUT2D eigenvalue weighted by atomic mass is 16.5. The molecular formula is C15H15NO3. The molecule has 0 aliphatic heterocycles. The van der Waals surface area contributed by atoms with Gasteiger partial charge in [0.15, 0.2) is 11.5 Å². The number of aromatic nitrogens is 1. The van der Waals surface area contributed by atoms with Gasteiger partial charge in [-0.2, -0.15) is 4.73 Å². The second-order valence-corrected chi connectivity index (χ2v) is 4.25. The van der Waals surface area contributed by atoms with Crippen molar-refractivity contribution in [1.29, 1.82) is 0 Å². The Morgan fingerprint density at radius 2 is 1.95 bits per heavy atom. The van der Waals surface area contributed by atoms with E-state index in [0.29, 0.717) is 22.7 Å². The lowest BCUT2D eigenvalue weighted by Gasteiger charge is -2.08. The maximum absolute atomic E-state index is 12.2. The number of benzene rings is 1. The molecule has 0 saturated carbocycles. The number of hydrogen-bond acceptors (Lipinski definition) is 3. The third-order valence-corrected chi connectivity index (χ3v) is 2.96. The number of Topliss-reactive ketones (excluding diaryl/α,β-unsaturated/α-hetero) is 1. The number of aryl methyl sites for hydroxylation is 1. The molecule has 0 bridgehead atoms. The number of methoxy groups -OCH3 is 1. The van der Waals surface area contributed by atoms with Crippen molar-refractivity contribution < 1.29 is 14.3 Å². The first kappa shape index (κ1) is 13.1. The third-order valence-electron chi connectivity index (χ3n) is 2.96. The first-order chi connectivity index (χ1) is 9.13. The molecule has 0 atom stereocenters. The minimum Gasteiger partial charge on any atom is -0.618 e. The molecule has 0 aliphatic carbocycles. The van der Waals surface area contributed by atoms with E-state index in [9.17, 15) is 10.0 Å². The minimum atomic E-state index is -0.132. The number of rotatable bonds is 4. The maximum Gasteiger partial charge on any atom is 0.200 e. The number of para-hydroxylation sites is 1. The third kappa shape index (κ3) is 2.73. The molecule has 0 unspecified atom stereocenters. The highest BCUT2D eigenvalue weighted by Crippen LogP contribution is 2.19. The quantitative estimate of drug-likeness (QED) is 0.478. The normalized spacial score (nSPS) is 10.2. The van der Waals surface area contributed by atoms with Gasteiger partial charge in [0, 0.05) is 19.1 Å². The molecule has 4 heteroatoms. The van der Waals surface area contributed by atoms with Crippen LogP contribution in [0.25, 0.3) is 0 Å². The topological polar surface area (TPSA) is 53.2 Å². The van der Waals surface area contributed by atoms with Crippen LogP contribution in [0.3, 0.4) is 0 Å². The predicted molar refractivity (Wildman–Crippen MR) is 71.2 cm³/mol. The van der Waals surface area contributed by atoms with E-state index in [1.54, 1.807) is 49.4 Å². The number of nitrogens with zero attached hydrogens (tertiary/aromatic N) is 1. The van der Waals surface area contributed by atoms with Gasteiger partial charge in [0.25, 0.3) is 0 Å². The van der Waals surface area contributed by atoms with E-state index in [4.69, 9.17) is 4.74 Å². The summed E-state index contributed by atoms with van der Waals surface area (Å²) < 4.78 is 5.94. The van der Waals surface area contributed by atoms with E-state index in [-0.39, 0.29) is 12.2 Å². The molecule has 0 amide bonds. The van der Waals surface area contributed by atoms with Gasteiger partial charge in [0.2, 0.25) is 5.69 Å². The van der Waals surface area contributed by atoms with E-state index in [1.165, 1.54) is 7.11 Å². The van der Waals surface area contributed by atoms with Crippen LogP contribution in [0.5, 0.6) is 5.75 Å². The summed E-state index contributed by atoms with van der Waals surface area (Å²) in [5.41, 5.74) is 1.51. The predicted octanol–water partition coefficient (Wildman–Crippen LogP) is 2.06. The number of carbonyl (C=O) groups is 1. The molecular weight excluding hydrogens is 242 g/mol. The standard InChI is InChI=1S/C15H15NO3/c1-11-6-5-7-12(16(11)18)10-14(17)13-8-3-4-9-15(13)19-2/h3-9H,10H2,1-2H3. The van der Waals surface area contributed by atoms with Crippen LogP contribution in [0.2, 0.25) is 0 Å². The first-order valence-electron chi connectivity index (χ1n) is 5.97. The van der Waals surface area contributed by atoms with Crippen molar-refractivity contribution in [2.45, 2.75) is 13.3 Å². The molecule has 1 aromatic heterocycles. The molecule has 4 nitrogen and oxygen atoms in total. The lowest BCUT2D eigenvalue weighted by Crippen LogP contribution is -2.36. The molecule has 0 N–H and O–H groups in total. The second kappa shape index (κ2) is 5.52. The summed E-state index contributed by atoms with van der Waals surface area (Å²) in [6.45, 7) is 1.71. The van der Waals surface area contributed by atoms with Gasteiger partial charge in [0.05, 0.1) is 19.1 Å². The molecule has 2 aromatic rings. The summed E-state index contributed by atoms with van der Waals surface area (Å²) in [6, 6.07) is 12.2. The average molecular weight is 257 g/mol. The number of ether oxygens (including phenoxy) is 1. The van der Waals surface area contributed by atoms with E-state index in [2.05, 4.69) is 0 Å². The minimum absolute atomic E-state index is 0.0611. The summed E-state index contributed by atoms with van der Waals surface area (Å²) in [5.74, 6) is 0.394. The van der Waals surface area contributed by atoms with Crippen molar-refractivity contribution in [2.24, 2.45) is 0 Å². The Labute approximate surface area is 111 Å². The van der Waals surface area contributed by atoms with E-state index < -0.39 is 0 Å². The van der Waals surface area contributed by atoms with Crippen LogP contribution in [-0.4, -0.2) is 12.9 Å². The van der Waals surface area contributed by atoms with Crippen LogP contribution in [0.4, 0.5) is 0 Å². The van der Waals surface area contributed by atoms with Crippen LogP contribution >= 0.6 is 0 Å². The lowest BCUT2D eigenvalue weighted by atomic mass is 10.0. The van der Waals surface area contributed by atoms with Crippen LogP contribution in [-0.2, 0) is 6.42 Å². The highest BCUT2D eigenvalue weighted by Gasteiger charge is 2.17. The fourth-order valence-electron chi connectivity index (χ4n) is 1.93. The summed E-state index contributed by atoms with van der Waals surface area (Å²) in [4.78, 5) is 12.2. The number of pyridine rings is 1. The van der Waals surface area contributed by atoms with Crippen molar-refractivity contribution in [3.8, 4) is 5.75 Å². The van der Waals surface area contributed by atoms with E-state index >= 15 is 0 Å². The fourth-order valence-corrected chi connectivity index (χ4v) is 1.93. The van der Waals surface area contributed by atoms with Gasteiger partial charge in [0.1, 0.15) is 5.75 Å². The van der Waals surface area contributed by atoms with Crippen LogP contribution in [0, 0.1) is 12.1 Å². The van der Waals surface area contributed by atoms with E-state index in [0.717, 1.165) is 4.73 Å². The van der Waals surface area contributed by atoms with Crippen LogP contribution in [0.1, 0.15) is 21.7 Å². The first-order valence-corrected chi connectivity index (χ1v) is 5.97. The van der Waals surface area contributed by atoms with Gasteiger partial charge in [-0.15, -0.1) is 0 Å². The molecule has 0 spiro atoms. The Morgan fingerprint density at radius 3 is 2.68 bits per heavy atom. The molecule has 0 radical (unpaired) electrons. The Hall–Kier alpha value is -2.36. The second-order valence-electron chi connectivity index (χ2n) is 4.25. The number of ketones is 1. The summed E-state index contributed by atoms with van der Waals surface area (Å²) in [7, 11) is 1.52. The van der Waals surface area contributed by atoms with Gasteiger partial charge in [-0.3, -0.25) is 4.79 Å². The molecule has 98 valence electrons. The van der Waals surface area contributed by atoms with Gasteiger partial charge >= 0.3 is 0 Å². The largest absolute Gasteiger partial charge is 0.618 e. The number of hydrogen-bond donors (Lipinski definition) is 0.